The molecule has 3 aromatic rings. The number of aromatic nitrogens is 5. The summed E-state index contributed by atoms with van der Waals surface area (Å²) in [6, 6.07) is 4.05. The molecule has 3 heterocycles. The zero-order chi connectivity index (χ0) is 22.3. The van der Waals surface area contributed by atoms with Crippen LogP contribution in [0.1, 0.15) is 25.8 Å². The third-order valence-corrected chi connectivity index (χ3v) is 5.23. The largest absolute Gasteiger partial charge is 0.378 e. The predicted octanol–water partition coefficient (Wildman–Crippen LogP) is 2.40. The lowest BCUT2D eigenvalue weighted by atomic mass is 10.1. The molecular weight excluding hydrogens is 404 g/mol. The summed E-state index contributed by atoms with van der Waals surface area (Å²) in [4.78, 5) is 21.0. The minimum atomic E-state index is 0.516. The molecule has 0 radical (unpaired) electrons. The van der Waals surface area contributed by atoms with Crippen LogP contribution in [0.4, 0.5) is 11.9 Å². The predicted molar refractivity (Wildman–Crippen MR) is 125 cm³/mol. The van der Waals surface area contributed by atoms with Crippen LogP contribution in [0.3, 0.4) is 0 Å². The quantitative estimate of drug-likeness (QED) is 0.526. The molecule has 2 aromatic heterocycles. The van der Waals surface area contributed by atoms with E-state index in [1.54, 1.807) is 0 Å². The van der Waals surface area contributed by atoms with Gasteiger partial charge in [-0.1, -0.05) is 19.1 Å². The highest BCUT2D eigenvalue weighted by Gasteiger charge is 2.20. The monoisotopic (exact) mass is 433 g/mol. The Morgan fingerprint density at radius 2 is 2.16 bits per heavy atom. The summed E-state index contributed by atoms with van der Waals surface area (Å²) < 4.78 is 5.50. The van der Waals surface area contributed by atoms with Crippen molar-refractivity contribution in [3.8, 4) is 11.4 Å². The van der Waals surface area contributed by atoms with Gasteiger partial charge < -0.3 is 15.0 Å². The van der Waals surface area contributed by atoms with Crippen LogP contribution in [-0.2, 0) is 4.74 Å². The molecule has 0 bridgehead atoms. The van der Waals surface area contributed by atoms with Gasteiger partial charge in [0.1, 0.15) is 10.9 Å². The van der Waals surface area contributed by atoms with Gasteiger partial charge in [0.05, 0.1) is 30.6 Å². The molecule has 0 unspecified atom stereocenters. The van der Waals surface area contributed by atoms with E-state index in [1.165, 1.54) is 0 Å². The number of hydrogen-bond acceptors (Lipinski definition) is 7. The maximum Gasteiger partial charge on any atom is 0.360 e. The van der Waals surface area contributed by atoms with Gasteiger partial charge in [0.25, 0.3) is 0 Å². The van der Waals surface area contributed by atoms with Crippen LogP contribution in [0.25, 0.3) is 22.3 Å². The van der Waals surface area contributed by atoms with E-state index in [1.807, 2.05) is 38.1 Å². The van der Waals surface area contributed by atoms with Crippen LogP contribution in [0.2, 0.25) is 0 Å². The van der Waals surface area contributed by atoms with Gasteiger partial charge in [0.15, 0.2) is 5.82 Å². The van der Waals surface area contributed by atoms with Crippen molar-refractivity contribution in [2.75, 3.05) is 49.6 Å². The molecule has 166 valence electrons. The molecule has 1 aromatic carbocycles. The molecule has 1 aliphatic heterocycles. The van der Waals surface area contributed by atoms with Gasteiger partial charge in [-0.3, -0.25) is 4.99 Å². The molecule has 4 rings (SSSR count). The average molecular weight is 434 g/mol. The summed E-state index contributed by atoms with van der Waals surface area (Å²) in [5.41, 5.74) is 3.87. The van der Waals surface area contributed by atoms with E-state index in [-0.39, 0.29) is 0 Å². The number of fused-ring (bicyclic) bond motifs is 1. The smallest absolute Gasteiger partial charge is 0.360 e. The molecule has 0 atom stereocenters. The maximum atomic E-state index is 5.50. The summed E-state index contributed by atoms with van der Waals surface area (Å²) in [5, 5.41) is 11.3. The fourth-order valence-corrected chi connectivity index (χ4v) is 3.55. The fourth-order valence-electron chi connectivity index (χ4n) is 3.55. The van der Waals surface area contributed by atoms with E-state index < -0.39 is 0 Å². The first kappa shape index (κ1) is 21.7. The van der Waals surface area contributed by atoms with Gasteiger partial charge in [-0.15, -0.1) is 0 Å². The Hall–Kier alpha value is -3.51. The molecule has 1 saturated heterocycles. The molecule has 9 nitrogen and oxygen atoms in total. The number of hydrogen-bond donors (Lipinski definition) is 2. The molecule has 0 amide bonds. The Balaban J connectivity index is 1.71. The van der Waals surface area contributed by atoms with Gasteiger partial charge in [-0.2, -0.15) is 15.0 Å². The first-order valence-corrected chi connectivity index (χ1v) is 11.0. The fraction of sp³-hybridized carbons (Fsp3) is 0.435. The van der Waals surface area contributed by atoms with Crippen molar-refractivity contribution in [1.82, 2.24) is 20.1 Å². The molecule has 1 aliphatic rings. The van der Waals surface area contributed by atoms with Crippen LogP contribution in [0, 0.1) is 13.1 Å². The number of morpholine rings is 1. The molecule has 1 fully saturated rings. The number of nitrogens with zero attached hydrogens (tertiary/aromatic N) is 6. The first-order valence-electron chi connectivity index (χ1n) is 11.0. The molecule has 0 saturated carbocycles. The Morgan fingerprint density at radius 1 is 1.31 bits per heavy atom. The molecule has 32 heavy (non-hydrogen) atoms. The van der Waals surface area contributed by atoms with Crippen molar-refractivity contribution in [3.63, 3.8) is 0 Å². The van der Waals surface area contributed by atoms with Crippen LogP contribution in [-0.4, -0.2) is 65.2 Å². The van der Waals surface area contributed by atoms with Crippen molar-refractivity contribution < 1.29 is 9.84 Å². The zero-order valence-corrected chi connectivity index (χ0v) is 18.9. The Morgan fingerprint density at radius 3 is 2.94 bits per heavy atom. The number of anilines is 2. The maximum absolute atomic E-state index is 5.50. The summed E-state index contributed by atoms with van der Waals surface area (Å²) in [7, 11) is 0. The number of nitrogens with one attached hydrogen (secondary N) is 2. The van der Waals surface area contributed by atoms with Gasteiger partial charge in [0, 0.05) is 25.2 Å². The number of H-pyrrole nitrogens is 1. The zero-order valence-electron chi connectivity index (χ0n) is 18.9. The number of allylic oxidation sites excluding steroid dienone is 1. The summed E-state index contributed by atoms with van der Waals surface area (Å²) in [5.74, 6) is 1.74. The van der Waals surface area contributed by atoms with Crippen molar-refractivity contribution in [2.45, 2.75) is 27.2 Å². The normalized spacial score (nSPS) is 14.8. The van der Waals surface area contributed by atoms with Crippen molar-refractivity contribution in [2.24, 2.45) is 4.99 Å². The minimum Gasteiger partial charge on any atom is -0.378 e. The van der Waals surface area contributed by atoms with Crippen molar-refractivity contribution in [1.29, 1.82) is 0 Å². The number of rotatable bonds is 8. The summed E-state index contributed by atoms with van der Waals surface area (Å²) in [6.07, 6.45) is 8.05. The Labute approximate surface area is 188 Å². The van der Waals surface area contributed by atoms with Crippen molar-refractivity contribution in [3.05, 3.63) is 36.0 Å². The molecular formula is C23H29N8O+. The second-order valence-corrected chi connectivity index (χ2v) is 7.62. The van der Waals surface area contributed by atoms with E-state index in [0.717, 1.165) is 53.8 Å². The average Bonchev–Trinajstić information content (AvgIpc) is 3.32. The van der Waals surface area contributed by atoms with Crippen LogP contribution < -0.4 is 15.3 Å². The standard InChI is InChI=1S/C23H28N8O/c1-4-6-17(24-9-5-2)14-25-22-27-21(28-23(29-22)31-10-12-32-13-11-31)18-8-7-16(3)20-19(18)15-26-30-20/h4,6-8H,5,9-14H2,1-3H3,(H,25,27,28,29)/p+1. The van der Waals surface area contributed by atoms with Gasteiger partial charge in [-0.25, -0.2) is 0 Å². The lowest BCUT2D eigenvalue weighted by Crippen LogP contribution is -2.37. The third kappa shape index (κ3) is 4.86. The van der Waals surface area contributed by atoms with E-state index in [4.69, 9.17) is 19.7 Å². The first-order chi connectivity index (χ1) is 15.7. The topological polar surface area (TPSA) is 105 Å². The number of ether oxygens (including phenoxy) is 1. The highest BCUT2D eigenvalue weighted by atomic mass is 16.5. The number of benzene rings is 1. The SMILES string of the molecule is CC=CC(CNc1nc(-c2ccc(C)c3[nH][n+]#cc23)nc(N2CCOCC2)n1)=NCCC. The van der Waals surface area contributed by atoms with Gasteiger partial charge in [0.2, 0.25) is 11.9 Å². The van der Waals surface area contributed by atoms with Gasteiger partial charge in [-0.05, 0) is 43.1 Å². The van der Waals surface area contributed by atoms with Crippen LogP contribution in [0.15, 0.2) is 29.3 Å². The number of aliphatic imine (C=N–C) groups is 1. The van der Waals surface area contributed by atoms with Crippen LogP contribution in [0.5, 0.6) is 0 Å². The molecule has 0 spiro atoms. The highest BCUT2D eigenvalue weighted by Crippen LogP contribution is 2.27. The third-order valence-electron chi connectivity index (χ3n) is 5.23. The Kier molecular flexibility index (Phi) is 6.92. The number of aryl methyl sites for hydroxylation is 1. The molecule has 9 heteroatoms. The Bertz CT molecular complexity index is 1110. The molecule has 2 N–H and O–H groups in total. The van der Waals surface area contributed by atoms with E-state index in [9.17, 15) is 0 Å². The summed E-state index contributed by atoms with van der Waals surface area (Å²) >= 11 is 0. The lowest BCUT2D eigenvalue weighted by Gasteiger charge is -2.27. The highest BCUT2D eigenvalue weighted by molar-refractivity contribution is 5.98. The molecule has 0 aliphatic carbocycles. The van der Waals surface area contributed by atoms with E-state index in [0.29, 0.717) is 37.5 Å². The van der Waals surface area contributed by atoms with Gasteiger partial charge >= 0.3 is 6.20 Å². The number of aromatic amines is 1. The summed E-state index contributed by atoms with van der Waals surface area (Å²) in [6.45, 7) is 10.3. The lowest BCUT2D eigenvalue weighted by molar-refractivity contribution is -0.369. The van der Waals surface area contributed by atoms with Crippen molar-refractivity contribution >= 4 is 28.5 Å². The second kappa shape index (κ2) is 10.2. The minimum absolute atomic E-state index is 0.516. The second-order valence-electron chi connectivity index (χ2n) is 7.62. The van der Waals surface area contributed by atoms with E-state index >= 15 is 0 Å². The van der Waals surface area contributed by atoms with Crippen LogP contribution >= 0.6 is 0 Å². The van der Waals surface area contributed by atoms with E-state index in [2.05, 4.69) is 38.5 Å².